The maximum Gasteiger partial charge on any atom is 0.189 e. The SMILES string of the molecule is Brc1ccn2nc(COc3ccccc3)nc2c1. The van der Waals surface area contributed by atoms with Crippen molar-refractivity contribution in [3.05, 3.63) is 59.0 Å². The molecule has 4 nitrogen and oxygen atoms in total. The molecule has 0 atom stereocenters. The Labute approximate surface area is 112 Å². The fraction of sp³-hybridized carbons (Fsp3) is 0.0769. The highest BCUT2D eigenvalue weighted by atomic mass is 79.9. The molecule has 0 unspecified atom stereocenters. The van der Waals surface area contributed by atoms with Gasteiger partial charge in [-0.15, -0.1) is 5.10 Å². The van der Waals surface area contributed by atoms with Crippen molar-refractivity contribution in [1.29, 1.82) is 0 Å². The van der Waals surface area contributed by atoms with Crippen LogP contribution in [0.3, 0.4) is 0 Å². The van der Waals surface area contributed by atoms with E-state index in [-0.39, 0.29) is 0 Å². The fourth-order valence-corrected chi connectivity index (χ4v) is 1.95. The van der Waals surface area contributed by atoms with E-state index < -0.39 is 0 Å². The summed E-state index contributed by atoms with van der Waals surface area (Å²) in [6.45, 7) is 0.364. The summed E-state index contributed by atoms with van der Waals surface area (Å²) in [6, 6.07) is 13.5. The van der Waals surface area contributed by atoms with Crippen LogP contribution in [-0.4, -0.2) is 14.6 Å². The van der Waals surface area contributed by atoms with Crippen LogP contribution in [0.1, 0.15) is 5.82 Å². The standard InChI is InChI=1S/C13H10BrN3O/c14-10-6-7-17-13(8-10)15-12(16-17)9-18-11-4-2-1-3-5-11/h1-8H,9H2. The molecule has 3 aromatic rings. The Morgan fingerprint density at radius 3 is 2.83 bits per heavy atom. The van der Waals surface area contributed by atoms with Crippen LogP contribution in [0.2, 0.25) is 0 Å². The Balaban J connectivity index is 1.79. The van der Waals surface area contributed by atoms with Crippen LogP contribution in [0.25, 0.3) is 5.65 Å². The first-order chi connectivity index (χ1) is 8.81. The lowest BCUT2D eigenvalue weighted by molar-refractivity contribution is 0.296. The molecule has 18 heavy (non-hydrogen) atoms. The highest BCUT2D eigenvalue weighted by molar-refractivity contribution is 9.10. The molecule has 90 valence electrons. The molecule has 0 aliphatic heterocycles. The first-order valence-corrected chi connectivity index (χ1v) is 6.29. The van der Waals surface area contributed by atoms with Crippen molar-refractivity contribution >= 4 is 21.6 Å². The van der Waals surface area contributed by atoms with Gasteiger partial charge in [-0.25, -0.2) is 9.50 Å². The molecule has 0 amide bonds. The minimum atomic E-state index is 0.364. The van der Waals surface area contributed by atoms with Crippen LogP contribution in [-0.2, 0) is 6.61 Å². The van der Waals surface area contributed by atoms with Crippen LogP contribution in [0.5, 0.6) is 5.75 Å². The van der Waals surface area contributed by atoms with Crippen LogP contribution in [0.4, 0.5) is 0 Å². The Morgan fingerprint density at radius 2 is 2.00 bits per heavy atom. The lowest BCUT2D eigenvalue weighted by atomic mass is 10.3. The van der Waals surface area contributed by atoms with Gasteiger partial charge in [0.2, 0.25) is 0 Å². The summed E-state index contributed by atoms with van der Waals surface area (Å²) in [7, 11) is 0. The van der Waals surface area contributed by atoms with Crippen molar-refractivity contribution in [2.75, 3.05) is 0 Å². The van der Waals surface area contributed by atoms with Crippen molar-refractivity contribution in [2.24, 2.45) is 0 Å². The van der Waals surface area contributed by atoms with E-state index in [1.807, 2.05) is 48.7 Å². The minimum Gasteiger partial charge on any atom is -0.486 e. The summed E-state index contributed by atoms with van der Waals surface area (Å²) in [5.74, 6) is 1.48. The lowest BCUT2D eigenvalue weighted by Gasteiger charge is -2.01. The summed E-state index contributed by atoms with van der Waals surface area (Å²) in [5.41, 5.74) is 0.802. The Morgan fingerprint density at radius 1 is 1.17 bits per heavy atom. The molecule has 0 aliphatic carbocycles. The number of halogens is 1. The largest absolute Gasteiger partial charge is 0.486 e. The van der Waals surface area contributed by atoms with Gasteiger partial charge in [0.05, 0.1) is 0 Å². The van der Waals surface area contributed by atoms with Gasteiger partial charge in [-0.05, 0) is 24.3 Å². The Kier molecular flexibility index (Phi) is 2.98. The zero-order valence-corrected chi connectivity index (χ0v) is 11.0. The summed E-state index contributed by atoms with van der Waals surface area (Å²) >= 11 is 3.41. The van der Waals surface area contributed by atoms with E-state index in [1.165, 1.54) is 0 Å². The van der Waals surface area contributed by atoms with Gasteiger partial charge in [-0.3, -0.25) is 0 Å². The second-order valence-corrected chi connectivity index (χ2v) is 4.69. The molecule has 0 aliphatic rings. The maximum atomic E-state index is 5.60. The number of aromatic nitrogens is 3. The molecule has 0 spiro atoms. The van der Waals surface area contributed by atoms with Gasteiger partial charge in [-0.1, -0.05) is 34.1 Å². The summed E-state index contributed by atoms with van der Waals surface area (Å²) < 4.78 is 8.32. The van der Waals surface area contributed by atoms with Crippen LogP contribution < -0.4 is 4.74 Å². The maximum absolute atomic E-state index is 5.60. The third-order valence-electron chi connectivity index (χ3n) is 2.45. The van der Waals surface area contributed by atoms with Gasteiger partial charge >= 0.3 is 0 Å². The number of para-hydroxylation sites is 1. The lowest BCUT2D eigenvalue weighted by Crippen LogP contribution is -1.97. The van der Waals surface area contributed by atoms with Gasteiger partial charge in [0.1, 0.15) is 12.4 Å². The Bertz CT molecular complexity index is 666. The molecule has 2 heterocycles. The molecule has 3 rings (SSSR count). The zero-order valence-electron chi connectivity index (χ0n) is 9.45. The van der Waals surface area contributed by atoms with Crippen LogP contribution >= 0.6 is 15.9 Å². The molecule has 0 bridgehead atoms. The third-order valence-corrected chi connectivity index (χ3v) is 2.95. The molecule has 5 heteroatoms. The van der Waals surface area contributed by atoms with E-state index >= 15 is 0 Å². The molecule has 2 aromatic heterocycles. The van der Waals surface area contributed by atoms with E-state index in [9.17, 15) is 0 Å². The van der Waals surface area contributed by atoms with Crippen molar-refractivity contribution in [2.45, 2.75) is 6.61 Å². The van der Waals surface area contributed by atoms with Crippen LogP contribution in [0, 0.1) is 0 Å². The molecular weight excluding hydrogens is 294 g/mol. The molecule has 0 radical (unpaired) electrons. The van der Waals surface area contributed by atoms with Gasteiger partial charge in [0.25, 0.3) is 0 Å². The molecule has 1 aromatic carbocycles. The van der Waals surface area contributed by atoms with Crippen molar-refractivity contribution in [1.82, 2.24) is 14.6 Å². The number of pyridine rings is 1. The van der Waals surface area contributed by atoms with Crippen molar-refractivity contribution in [3.63, 3.8) is 0 Å². The fourth-order valence-electron chi connectivity index (χ4n) is 1.63. The van der Waals surface area contributed by atoms with E-state index in [1.54, 1.807) is 4.52 Å². The first kappa shape index (κ1) is 11.2. The van der Waals surface area contributed by atoms with Gasteiger partial charge in [-0.2, -0.15) is 0 Å². The summed E-state index contributed by atoms with van der Waals surface area (Å²) in [4.78, 5) is 4.39. The summed E-state index contributed by atoms with van der Waals surface area (Å²) in [6.07, 6.45) is 1.86. The average Bonchev–Trinajstić information content (AvgIpc) is 2.79. The Hall–Kier alpha value is -1.88. The van der Waals surface area contributed by atoms with Gasteiger partial charge in [0.15, 0.2) is 11.5 Å². The van der Waals surface area contributed by atoms with E-state index in [2.05, 4.69) is 26.0 Å². The smallest absolute Gasteiger partial charge is 0.189 e. The molecular formula is C13H10BrN3O. The molecule has 0 saturated heterocycles. The number of fused-ring (bicyclic) bond motifs is 1. The molecule has 0 saturated carbocycles. The van der Waals surface area contributed by atoms with E-state index in [0.717, 1.165) is 15.9 Å². The number of hydrogen-bond donors (Lipinski definition) is 0. The monoisotopic (exact) mass is 303 g/mol. The first-order valence-electron chi connectivity index (χ1n) is 5.50. The van der Waals surface area contributed by atoms with Gasteiger partial charge < -0.3 is 4.74 Å². The predicted octanol–water partition coefficient (Wildman–Crippen LogP) is 3.07. The molecule has 0 N–H and O–H groups in total. The van der Waals surface area contributed by atoms with Gasteiger partial charge in [0, 0.05) is 10.7 Å². The average molecular weight is 304 g/mol. The van der Waals surface area contributed by atoms with Crippen molar-refractivity contribution in [3.8, 4) is 5.75 Å². The second-order valence-electron chi connectivity index (χ2n) is 3.78. The van der Waals surface area contributed by atoms with Crippen LogP contribution in [0.15, 0.2) is 53.1 Å². The minimum absolute atomic E-state index is 0.364. The predicted molar refractivity (Wildman–Crippen MR) is 71.5 cm³/mol. The topological polar surface area (TPSA) is 39.4 Å². The van der Waals surface area contributed by atoms with E-state index in [0.29, 0.717) is 12.4 Å². The number of nitrogens with zero attached hydrogens (tertiary/aromatic N) is 3. The number of ether oxygens (including phenoxy) is 1. The summed E-state index contributed by atoms with van der Waals surface area (Å²) in [5, 5.41) is 4.33. The number of benzene rings is 1. The second kappa shape index (κ2) is 4.78. The third kappa shape index (κ3) is 2.36. The highest BCUT2D eigenvalue weighted by Crippen LogP contribution is 2.13. The number of hydrogen-bond acceptors (Lipinski definition) is 3. The quantitative estimate of drug-likeness (QED) is 0.746. The normalized spacial score (nSPS) is 10.7. The molecule has 0 fully saturated rings. The number of rotatable bonds is 3. The van der Waals surface area contributed by atoms with Crippen molar-refractivity contribution < 1.29 is 4.74 Å². The highest BCUT2D eigenvalue weighted by Gasteiger charge is 2.04. The van der Waals surface area contributed by atoms with E-state index in [4.69, 9.17) is 4.74 Å². The zero-order chi connectivity index (χ0) is 12.4.